The van der Waals surface area contributed by atoms with Gasteiger partial charge in [-0.25, -0.2) is 4.79 Å². The fourth-order valence-electron chi connectivity index (χ4n) is 3.16. The molecule has 124 valence electrons. The Labute approximate surface area is 130 Å². The van der Waals surface area contributed by atoms with Crippen LogP contribution in [-0.4, -0.2) is 42.3 Å². The number of likely N-dealkylation sites (tertiary alicyclic amines) is 1. The Kier molecular flexibility index (Phi) is 6.98. The smallest absolute Gasteiger partial charge is 0.407 e. The van der Waals surface area contributed by atoms with Crippen LogP contribution in [-0.2, 0) is 4.74 Å². The third-order valence-electron chi connectivity index (χ3n) is 3.65. The summed E-state index contributed by atoms with van der Waals surface area (Å²) in [6, 6.07) is 0.212. The summed E-state index contributed by atoms with van der Waals surface area (Å²) in [5.74, 6) is 1.34. The minimum absolute atomic E-state index is 0.212. The first-order chi connectivity index (χ1) is 9.69. The van der Waals surface area contributed by atoms with Gasteiger partial charge in [-0.15, -0.1) is 0 Å². The molecule has 1 aliphatic rings. The minimum Gasteiger partial charge on any atom is -0.444 e. The van der Waals surface area contributed by atoms with Crippen molar-refractivity contribution in [2.24, 2.45) is 11.8 Å². The van der Waals surface area contributed by atoms with E-state index in [1.807, 2.05) is 20.8 Å². The molecule has 0 aromatic rings. The molecule has 4 heteroatoms. The van der Waals surface area contributed by atoms with Gasteiger partial charge in [0.15, 0.2) is 0 Å². The maximum Gasteiger partial charge on any atom is 0.407 e. The summed E-state index contributed by atoms with van der Waals surface area (Å²) in [6.45, 7) is 15.6. The summed E-state index contributed by atoms with van der Waals surface area (Å²) in [4.78, 5) is 14.5. The Morgan fingerprint density at radius 1 is 1.33 bits per heavy atom. The van der Waals surface area contributed by atoms with Crippen LogP contribution in [0.3, 0.4) is 0 Å². The summed E-state index contributed by atoms with van der Waals surface area (Å²) in [5, 5.41) is 3.06. The van der Waals surface area contributed by atoms with E-state index < -0.39 is 5.60 Å². The molecule has 1 rings (SSSR count). The second-order valence-electron chi connectivity index (χ2n) is 7.85. The van der Waals surface area contributed by atoms with Crippen molar-refractivity contribution < 1.29 is 9.53 Å². The van der Waals surface area contributed by atoms with Crippen LogP contribution in [0.2, 0.25) is 0 Å². The molecule has 1 fully saturated rings. The Balaban J connectivity index is 2.56. The van der Waals surface area contributed by atoms with Gasteiger partial charge < -0.3 is 15.0 Å². The molecule has 4 nitrogen and oxygen atoms in total. The van der Waals surface area contributed by atoms with Crippen LogP contribution < -0.4 is 5.32 Å². The van der Waals surface area contributed by atoms with Crippen LogP contribution in [0.25, 0.3) is 0 Å². The molecule has 0 aliphatic carbocycles. The van der Waals surface area contributed by atoms with Crippen molar-refractivity contribution >= 4 is 6.09 Å². The van der Waals surface area contributed by atoms with Gasteiger partial charge in [-0.1, -0.05) is 27.2 Å². The first-order valence-electron chi connectivity index (χ1n) is 8.41. The van der Waals surface area contributed by atoms with E-state index in [4.69, 9.17) is 4.74 Å². The zero-order valence-corrected chi connectivity index (χ0v) is 14.7. The molecule has 0 spiro atoms. The lowest BCUT2D eigenvalue weighted by atomic mass is 9.90. The number of alkyl carbamates (subject to hydrolysis) is 1. The van der Waals surface area contributed by atoms with Gasteiger partial charge in [0.25, 0.3) is 0 Å². The standard InChI is InChI=1S/C17H34N2O2/c1-7-8-14-9-15(12-19(11-14)10-13(2)3)18-16(20)21-17(4,5)6/h13-15H,7-12H2,1-6H3,(H,18,20). The van der Waals surface area contributed by atoms with Crippen molar-refractivity contribution in [1.29, 1.82) is 0 Å². The molecule has 0 aromatic carbocycles. The molecule has 0 radical (unpaired) electrons. The van der Waals surface area contributed by atoms with Crippen LogP contribution in [0.4, 0.5) is 4.79 Å². The Morgan fingerprint density at radius 2 is 2.00 bits per heavy atom. The molecule has 1 amide bonds. The molecule has 1 N–H and O–H groups in total. The first-order valence-corrected chi connectivity index (χ1v) is 8.41. The first kappa shape index (κ1) is 18.3. The monoisotopic (exact) mass is 298 g/mol. The van der Waals surface area contributed by atoms with Crippen LogP contribution in [0.15, 0.2) is 0 Å². The SMILES string of the molecule is CCCC1CC(NC(=O)OC(C)(C)C)CN(CC(C)C)C1. The van der Waals surface area contributed by atoms with Gasteiger partial charge in [0.2, 0.25) is 0 Å². The van der Waals surface area contributed by atoms with Gasteiger partial charge in [-0.3, -0.25) is 0 Å². The van der Waals surface area contributed by atoms with E-state index in [9.17, 15) is 4.79 Å². The normalized spacial score (nSPS) is 24.1. The highest BCUT2D eigenvalue weighted by Gasteiger charge is 2.29. The molecular weight excluding hydrogens is 264 g/mol. The quantitative estimate of drug-likeness (QED) is 0.842. The van der Waals surface area contributed by atoms with E-state index >= 15 is 0 Å². The van der Waals surface area contributed by atoms with Gasteiger partial charge in [-0.05, 0) is 45.4 Å². The number of ether oxygens (including phenoxy) is 1. The van der Waals surface area contributed by atoms with Crippen molar-refractivity contribution in [3.8, 4) is 0 Å². The van der Waals surface area contributed by atoms with E-state index in [0.717, 1.165) is 19.5 Å². The number of rotatable bonds is 5. The van der Waals surface area contributed by atoms with E-state index in [1.54, 1.807) is 0 Å². The molecule has 2 unspecified atom stereocenters. The highest BCUT2D eigenvalue weighted by molar-refractivity contribution is 5.68. The average molecular weight is 298 g/mol. The fraction of sp³-hybridized carbons (Fsp3) is 0.941. The molecule has 0 saturated carbocycles. The van der Waals surface area contributed by atoms with Crippen molar-refractivity contribution in [2.75, 3.05) is 19.6 Å². The third kappa shape index (κ3) is 7.70. The van der Waals surface area contributed by atoms with E-state index in [1.165, 1.54) is 19.4 Å². The number of amides is 1. The zero-order valence-electron chi connectivity index (χ0n) is 14.7. The molecule has 21 heavy (non-hydrogen) atoms. The van der Waals surface area contributed by atoms with Gasteiger partial charge in [0.05, 0.1) is 0 Å². The van der Waals surface area contributed by atoms with Gasteiger partial charge in [0, 0.05) is 25.7 Å². The maximum atomic E-state index is 12.0. The summed E-state index contributed by atoms with van der Waals surface area (Å²) >= 11 is 0. The molecule has 0 bridgehead atoms. The topological polar surface area (TPSA) is 41.6 Å². The van der Waals surface area contributed by atoms with E-state index in [-0.39, 0.29) is 12.1 Å². The van der Waals surface area contributed by atoms with Crippen molar-refractivity contribution in [3.63, 3.8) is 0 Å². The zero-order chi connectivity index (χ0) is 16.0. The second kappa shape index (κ2) is 8.02. The second-order valence-corrected chi connectivity index (χ2v) is 7.85. The van der Waals surface area contributed by atoms with Crippen LogP contribution in [0.5, 0.6) is 0 Å². The predicted molar refractivity (Wildman–Crippen MR) is 87.5 cm³/mol. The maximum absolute atomic E-state index is 12.0. The number of carbonyl (C=O) groups excluding carboxylic acids is 1. The largest absolute Gasteiger partial charge is 0.444 e. The average Bonchev–Trinajstić information content (AvgIpc) is 2.24. The van der Waals surface area contributed by atoms with E-state index in [2.05, 4.69) is 31.0 Å². The van der Waals surface area contributed by atoms with Gasteiger partial charge >= 0.3 is 6.09 Å². The summed E-state index contributed by atoms with van der Waals surface area (Å²) in [5.41, 5.74) is -0.431. The van der Waals surface area contributed by atoms with Crippen molar-refractivity contribution in [1.82, 2.24) is 10.2 Å². The predicted octanol–water partition coefficient (Wildman–Crippen LogP) is 3.66. The third-order valence-corrected chi connectivity index (χ3v) is 3.65. The number of nitrogens with one attached hydrogen (secondary N) is 1. The Hall–Kier alpha value is -0.770. The van der Waals surface area contributed by atoms with Crippen molar-refractivity contribution in [3.05, 3.63) is 0 Å². The van der Waals surface area contributed by atoms with Crippen LogP contribution in [0.1, 0.15) is 60.8 Å². The molecule has 1 heterocycles. The van der Waals surface area contributed by atoms with Crippen LogP contribution >= 0.6 is 0 Å². The minimum atomic E-state index is -0.431. The van der Waals surface area contributed by atoms with Crippen molar-refractivity contribution in [2.45, 2.75) is 72.4 Å². The molecule has 0 aromatic heterocycles. The fourth-order valence-corrected chi connectivity index (χ4v) is 3.16. The Bertz CT molecular complexity index is 323. The van der Waals surface area contributed by atoms with E-state index in [0.29, 0.717) is 11.8 Å². The molecular formula is C17H34N2O2. The number of hydrogen-bond acceptors (Lipinski definition) is 3. The lowest BCUT2D eigenvalue weighted by Gasteiger charge is -2.39. The summed E-state index contributed by atoms with van der Waals surface area (Å²) in [6.07, 6.45) is 3.23. The highest BCUT2D eigenvalue weighted by Crippen LogP contribution is 2.22. The highest BCUT2D eigenvalue weighted by atomic mass is 16.6. The van der Waals surface area contributed by atoms with Crippen LogP contribution in [0, 0.1) is 11.8 Å². The number of piperidine rings is 1. The van der Waals surface area contributed by atoms with Gasteiger partial charge in [0.1, 0.15) is 5.60 Å². The lowest BCUT2D eigenvalue weighted by Crippen LogP contribution is -2.52. The summed E-state index contributed by atoms with van der Waals surface area (Å²) < 4.78 is 5.38. The molecule has 2 atom stereocenters. The number of hydrogen-bond donors (Lipinski definition) is 1. The molecule has 1 aliphatic heterocycles. The summed E-state index contributed by atoms with van der Waals surface area (Å²) in [7, 11) is 0. The molecule has 1 saturated heterocycles. The number of carbonyl (C=O) groups is 1. The lowest BCUT2D eigenvalue weighted by molar-refractivity contribution is 0.0439. The number of nitrogens with zero attached hydrogens (tertiary/aromatic N) is 1. The van der Waals surface area contributed by atoms with Gasteiger partial charge in [-0.2, -0.15) is 0 Å². The Morgan fingerprint density at radius 3 is 2.52 bits per heavy atom.